The van der Waals surface area contributed by atoms with Gasteiger partial charge in [0.15, 0.2) is 0 Å². The Morgan fingerprint density at radius 1 is 1.30 bits per heavy atom. The third-order valence-electron chi connectivity index (χ3n) is 3.93. The first-order valence-electron chi connectivity index (χ1n) is 7.80. The molecule has 1 saturated heterocycles. The van der Waals surface area contributed by atoms with Gasteiger partial charge in [-0.1, -0.05) is 32.0 Å². The molecule has 3 heteroatoms. The Balaban J connectivity index is 1.75. The summed E-state index contributed by atoms with van der Waals surface area (Å²) in [6.07, 6.45) is 1.29. The zero-order chi connectivity index (χ0) is 14.4. The molecule has 0 amide bonds. The van der Waals surface area contributed by atoms with Gasteiger partial charge in [-0.15, -0.1) is 11.8 Å². The molecule has 0 saturated carbocycles. The van der Waals surface area contributed by atoms with Crippen LogP contribution in [0.25, 0.3) is 0 Å². The summed E-state index contributed by atoms with van der Waals surface area (Å²) in [4.78, 5) is 4.04. The molecule has 2 rings (SSSR count). The average molecular weight is 292 g/mol. The van der Waals surface area contributed by atoms with E-state index in [1.54, 1.807) is 0 Å². The first kappa shape index (κ1) is 15.9. The van der Waals surface area contributed by atoms with E-state index in [9.17, 15) is 0 Å². The van der Waals surface area contributed by atoms with Gasteiger partial charge in [-0.2, -0.15) is 0 Å². The minimum Gasteiger partial charge on any atom is -0.311 e. The Morgan fingerprint density at radius 3 is 2.75 bits per heavy atom. The molecule has 1 fully saturated rings. The van der Waals surface area contributed by atoms with E-state index >= 15 is 0 Å². The van der Waals surface area contributed by atoms with Crippen molar-refractivity contribution in [2.45, 2.75) is 44.2 Å². The third kappa shape index (κ3) is 5.12. The first-order chi connectivity index (χ1) is 9.65. The quantitative estimate of drug-likeness (QED) is 0.808. The molecule has 20 heavy (non-hydrogen) atoms. The highest BCUT2D eigenvalue weighted by Crippen LogP contribution is 2.19. The standard InChI is InChI=1S/C17H28N2S/c1-14(2)11-16-13-19(15(3)12-18-16)9-10-20-17-7-5-4-6-8-17/h4-8,14-16,18H,9-13H2,1-3H3. The van der Waals surface area contributed by atoms with Crippen molar-refractivity contribution in [1.82, 2.24) is 10.2 Å². The summed E-state index contributed by atoms with van der Waals surface area (Å²) in [5.74, 6) is 1.96. The number of nitrogens with one attached hydrogen (secondary N) is 1. The molecule has 0 aromatic heterocycles. The van der Waals surface area contributed by atoms with E-state index in [4.69, 9.17) is 0 Å². The second kappa shape index (κ2) is 8.06. The molecule has 1 N–H and O–H groups in total. The summed E-state index contributed by atoms with van der Waals surface area (Å²) >= 11 is 1.97. The van der Waals surface area contributed by atoms with Crippen LogP contribution in [0.2, 0.25) is 0 Å². The molecule has 1 aliphatic heterocycles. The lowest BCUT2D eigenvalue weighted by atomic mass is 10.0. The Bertz CT molecular complexity index is 380. The smallest absolute Gasteiger partial charge is 0.0198 e. The molecule has 1 aromatic carbocycles. The average Bonchev–Trinajstić information content (AvgIpc) is 2.43. The fraction of sp³-hybridized carbons (Fsp3) is 0.647. The number of hydrogen-bond donors (Lipinski definition) is 1. The lowest BCUT2D eigenvalue weighted by Gasteiger charge is -2.39. The van der Waals surface area contributed by atoms with Crippen molar-refractivity contribution in [3.8, 4) is 0 Å². The minimum atomic E-state index is 0.662. The van der Waals surface area contributed by atoms with Gasteiger partial charge < -0.3 is 5.32 Å². The summed E-state index contributed by atoms with van der Waals surface area (Å²) in [5.41, 5.74) is 0. The van der Waals surface area contributed by atoms with Gasteiger partial charge in [0, 0.05) is 42.4 Å². The van der Waals surface area contributed by atoms with Crippen molar-refractivity contribution < 1.29 is 0 Å². The predicted molar refractivity (Wildman–Crippen MR) is 89.4 cm³/mol. The van der Waals surface area contributed by atoms with Crippen molar-refractivity contribution in [3.63, 3.8) is 0 Å². The van der Waals surface area contributed by atoms with Gasteiger partial charge in [0.2, 0.25) is 0 Å². The van der Waals surface area contributed by atoms with Crippen LogP contribution in [0.5, 0.6) is 0 Å². The third-order valence-corrected chi connectivity index (χ3v) is 4.92. The molecule has 1 heterocycles. The van der Waals surface area contributed by atoms with Gasteiger partial charge in [-0.25, -0.2) is 0 Å². The maximum absolute atomic E-state index is 3.69. The summed E-state index contributed by atoms with van der Waals surface area (Å²) < 4.78 is 0. The van der Waals surface area contributed by atoms with Crippen molar-refractivity contribution in [3.05, 3.63) is 30.3 Å². The zero-order valence-corrected chi connectivity index (χ0v) is 13.8. The van der Waals surface area contributed by atoms with Crippen LogP contribution in [-0.2, 0) is 0 Å². The van der Waals surface area contributed by atoms with Gasteiger partial charge in [-0.3, -0.25) is 4.90 Å². The van der Waals surface area contributed by atoms with Gasteiger partial charge in [0.25, 0.3) is 0 Å². The topological polar surface area (TPSA) is 15.3 Å². The molecule has 1 aliphatic rings. The summed E-state index contributed by atoms with van der Waals surface area (Å²) in [6.45, 7) is 10.5. The van der Waals surface area contributed by atoms with Gasteiger partial charge in [0.1, 0.15) is 0 Å². The number of piperazine rings is 1. The highest BCUT2D eigenvalue weighted by atomic mass is 32.2. The van der Waals surface area contributed by atoms with Gasteiger partial charge in [-0.05, 0) is 31.4 Å². The van der Waals surface area contributed by atoms with E-state index in [-0.39, 0.29) is 0 Å². The van der Waals surface area contributed by atoms with Crippen LogP contribution in [0, 0.1) is 5.92 Å². The Morgan fingerprint density at radius 2 is 2.05 bits per heavy atom. The van der Waals surface area contributed by atoms with Crippen LogP contribution in [0.3, 0.4) is 0 Å². The molecular weight excluding hydrogens is 264 g/mol. The van der Waals surface area contributed by atoms with Crippen molar-refractivity contribution in [1.29, 1.82) is 0 Å². The minimum absolute atomic E-state index is 0.662. The summed E-state index contributed by atoms with van der Waals surface area (Å²) in [5, 5.41) is 3.69. The second-order valence-electron chi connectivity index (χ2n) is 6.24. The first-order valence-corrected chi connectivity index (χ1v) is 8.79. The summed E-state index contributed by atoms with van der Waals surface area (Å²) in [6, 6.07) is 12.1. The van der Waals surface area contributed by atoms with Crippen LogP contribution < -0.4 is 5.32 Å². The molecule has 2 nitrogen and oxygen atoms in total. The highest BCUT2D eigenvalue weighted by Gasteiger charge is 2.24. The lowest BCUT2D eigenvalue weighted by molar-refractivity contribution is 0.140. The molecule has 0 radical (unpaired) electrons. The molecule has 0 aliphatic carbocycles. The van der Waals surface area contributed by atoms with E-state index in [0.29, 0.717) is 12.1 Å². The Labute approximate surface area is 128 Å². The second-order valence-corrected chi connectivity index (χ2v) is 7.41. The van der Waals surface area contributed by atoms with E-state index in [0.717, 1.165) is 12.5 Å². The highest BCUT2D eigenvalue weighted by molar-refractivity contribution is 7.99. The largest absolute Gasteiger partial charge is 0.311 e. The van der Waals surface area contributed by atoms with Crippen molar-refractivity contribution in [2.24, 2.45) is 5.92 Å². The number of benzene rings is 1. The van der Waals surface area contributed by atoms with E-state index in [1.807, 2.05) is 11.8 Å². The monoisotopic (exact) mass is 292 g/mol. The lowest BCUT2D eigenvalue weighted by Crippen LogP contribution is -2.56. The van der Waals surface area contributed by atoms with Crippen LogP contribution in [0.1, 0.15) is 27.2 Å². The van der Waals surface area contributed by atoms with Crippen molar-refractivity contribution in [2.75, 3.05) is 25.4 Å². The fourth-order valence-corrected chi connectivity index (χ4v) is 3.74. The molecule has 1 aromatic rings. The fourth-order valence-electron chi connectivity index (χ4n) is 2.83. The molecule has 2 atom stereocenters. The Kier molecular flexibility index (Phi) is 6.40. The van der Waals surface area contributed by atoms with E-state index in [2.05, 4.69) is 61.3 Å². The van der Waals surface area contributed by atoms with Gasteiger partial charge in [0.05, 0.1) is 0 Å². The maximum Gasteiger partial charge on any atom is 0.0198 e. The van der Waals surface area contributed by atoms with Crippen LogP contribution in [-0.4, -0.2) is 42.4 Å². The Hall–Kier alpha value is -0.510. The molecular formula is C17H28N2S. The van der Waals surface area contributed by atoms with Gasteiger partial charge >= 0.3 is 0 Å². The predicted octanol–water partition coefficient (Wildman–Crippen LogP) is 3.49. The number of thioether (sulfide) groups is 1. The molecule has 0 spiro atoms. The van der Waals surface area contributed by atoms with Crippen LogP contribution >= 0.6 is 11.8 Å². The van der Waals surface area contributed by atoms with E-state index < -0.39 is 0 Å². The van der Waals surface area contributed by atoms with Crippen LogP contribution in [0.15, 0.2) is 35.2 Å². The molecule has 112 valence electrons. The number of hydrogen-bond acceptors (Lipinski definition) is 3. The zero-order valence-electron chi connectivity index (χ0n) is 13.0. The SMILES string of the molecule is CC(C)CC1CN(CCSc2ccccc2)C(C)CN1. The molecule has 0 bridgehead atoms. The van der Waals surface area contributed by atoms with Crippen molar-refractivity contribution >= 4 is 11.8 Å². The summed E-state index contributed by atoms with van der Waals surface area (Å²) in [7, 11) is 0. The number of rotatable bonds is 6. The maximum atomic E-state index is 3.69. The molecule has 2 unspecified atom stereocenters. The van der Waals surface area contributed by atoms with E-state index in [1.165, 1.54) is 30.2 Å². The normalized spacial score (nSPS) is 24.2. The number of nitrogens with zero attached hydrogens (tertiary/aromatic N) is 1. The van der Waals surface area contributed by atoms with Crippen LogP contribution in [0.4, 0.5) is 0 Å².